The highest BCUT2D eigenvalue weighted by molar-refractivity contribution is 14.1. The zero-order valence-corrected chi connectivity index (χ0v) is 21.6. The molecule has 0 atom stereocenters. The minimum Gasteiger partial charge on any atom is -0.493 e. The normalized spacial score (nSPS) is 10.8. The second kappa shape index (κ2) is 12.6. The second-order valence-electron chi connectivity index (χ2n) is 6.96. The number of hydrogen-bond donors (Lipinski definition) is 1. The van der Waals surface area contributed by atoms with Gasteiger partial charge in [0.05, 0.1) is 37.2 Å². The summed E-state index contributed by atoms with van der Waals surface area (Å²) in [5.74, 6) is 2.77. The van der Waals surface area contributed by atoms with Crippen LogP contribution in [-0.2, 0) is 13.2 Å². The predicted molar refractivity (Wildman–Crippen MR) is 140 cm³/mol. The van der Waals surface area contributed by atoms with Crippen LogP contribution in [0.3, 0.4) is 0 Å². The summed E-state index contributed by atoms with van der Waals surface area (Å²) in [5, 5.41) is 5.05. The summed E-state index contributed by atoms with van der Waals surface area (Å²) in [6, 6.07) is 17.3. The monoisotopic (exact) mass is 580 g/mol. The average molecular weight is 581 g/mol. The van der Waals surface area contributed by atoms with Crippen molar-refractivity contribution < 1.29 is 18.9 Å². The predicted octanol–water partition coefficient (Wildman–Crippen LogP) is 6.06. The molecule has 0 aliphatic rings. The number of nitrogens with one attached hydrogen (secondary N) is 1. The van der Waals surface area contributed by atoms with Crippen LogP contribution in [0.25, 0.3) is 0 Å². The number of benzene rings is 3. The van der Waals surface area contributed by atoms with E-state index in [1.807, 2.05) is 61.5 Å². The van der Waals surface area contributed by atoms with Crippen LogP contribution in [-0.4, -0.2) is 27.0 Å². The lowest BCUT2D eigenvalue weighted by Crippen LogP contribution is -2.06. The summed E-state index contributed by atoms with van der Waals surface area (Å²) in [4.78, 5) is 0. The van der Waals surface area contributed by atoms with Crippen molar-refractivity contribution in [1.82, 2.24) is 5.43 Å². The molecular formula is C25H26ClIN2O4. The molecule has 0 spiro atoms. The van der Waals surface area contributed by atoms with E-state index in [1.54, 1.807) is 20.4 Å². The van der Waals surface area contributed by atoms with Crippen LogP contribution < -0.4 is 24.4 Å². The Labute approximate surface area is 213 Å². The molecule has 174 valence electrons. The number of rotatable bonds is 11. The topological polar surface area (TPSA) is 61.3 Å². The first kappa shape index (κ1) is 25.0. The third kappa shape index (κ3) is 7.17. The van der Waals surface area contributed by atoms with Crippen molar-refractivity contribution in [2.24, 2.45) is 5.10 Å². The Morgan fingerprint density at radius 1 is 0.909 bits per heavy atom. The van der Waals surface area contributed by atoms with Gasteiger partial charge in [0.25, 0.3) is 0 Å². The summed E-state index contributed by atoms with van der Waals surface area (Å²) in [6.07, 6.45) is 1.76. The highest BCUT2D eigenvalue weighted by Crippen LogP contribution is 2.34. The lowest BCUT2D eigenvalue weighted by molar-refractivity contribution is 0.267. The molecule has 0 saturated carbocycles. The molecule has 0 unspecified atom stereocenters. The van der Waals surface area contributed by atoms with E-state index in [2.05, 4.69) is 33.1 Å². The van der Waals surface area contributed by atoms with Gasteiger partial charge >= 0.3 is 0 Å². The van der Waals surface area contributed by atoms with E-state index in [0.29, 0.717) is 47.8 Å². The molecule has 1 N–H and O–H groups in total. The van der Waals surface area contributed by atoms with E-state index >= 15 is 0 Å². The van der Waals surface area contributed by atoms with E-state index in [4.69, 9.17) is 30.5 Å². The van der Waals surface area contributed by atoms with E-state index in [1.165, 1.54) is 0 Å². The van der Waals surface area contributed by atoms with Crippen molar-refractivity contribution >= 4 is 40.4 Å². The molecule has 0 aliphatic carbocycles. The first-order valence-corrected chi connectivity index (χ1v) is 11.8. The molecule has 8 heteroatoms. The van der Waals surface area contributed by atoms with Crippen LogP contribution in [0.4, 0.5) is 0 Å². The van der Waals surface area contributed by atoms with Gasteiger partial charge in [-0.15, -0.1) is 0 Å². The maximum absolute atomic E-state index is 6.07. The smallest absolute Gasteiger partial charge is 0.175 e. The molecule has 0 radical (unpaired) electrons. The van der Waals surface area contributed by atoms with Crippen molar-refractivity contribution in [2.75, 3.05) is 20.8 Å². The first-order valence-electron chi connectivity index (χ1n) is 10.3. The van der Waals surface area contributed by atoms with Crippen molar-refractivity contribution in [1.29, 1.82) is 0 Å². The third-order valence-electron chi connectivity index (χ3n) is 4.66. The highest BCUT2D eigenvalue weighted by Gasteiger charge is 2.12. The molecule has 0 saturated heterocycles. The van der Waals surface area contributed by atoms with Gasteiger partial charge in [-0.25, -0.2) is 0 Å². The van der Waals surface area contributed by atoms with Crippen molar-refractivity contribution in [3.05, 3.63) is 79.9 Å². The van der Waals surface area contributed by atoms with Gasteiger partial charge < -0.3 is 24.4 Å². The van der Waals surface area contributed by atoms with E-state index in [-0.39, 0.29) is 0 Å². The lowest BCUT2D eigenvalue weighted by atomic mass is 10.2. The fraction of sp³-hybridized carbons (Fsp3) is 0.240. The number of hydrazone groups is 1. The lowest BCUT2D eigenvalue weighted by Gasteiger charge is -2.15. The molecule has 6 nitrogen and oxygen atoms in total. The summed E-state index contributed by atoms with van der Waals surface area (Å²) < 4.78 is 23.4. The van der Waals surface area contributed by atoms with Gasteiger partial charge in [-0.05, 0) is 82.6 Å². The van der Waals surface area contributed by atoms with Gasteiger partial charge in [0.15, 0.2) is 23.0 Å². The van der Waals surface area contributed by atoms with Gasteiger partial charge in [0.1, 0.15) is 6.61 Å². The van der Waals surface area contributed by atoms with Gasteiger partial charge in [-0.3, -0.25) is 0 Å². The molecule has 3 aromatic carbocycles. The molecule has 0 fully saturated rings. The molecule has 0 heterocycles. The standard InChI is InChI=1S/C25H26ClIN2O4/c1-4-32-24-13-19(11-21(27)25(24)33-16-17-5-8-20(26)9-6-17)15-29-28-14-18-7-10-22(30-2)23(12-18)31-3/h5-13,15,28H,4,14,16H2,1-3H3/b29-15+. The van der Waals surface area contributed by atoms with Crippen LogP contribution in [0, 0.1) is 3.57 Å². The van der Waals surface area contributed by atoms with Crippen LogP contribution in [0.15, 0.2) is 59.7 Å². The van der Waals surface area contributed by atoms with E-state index in [9.17, 15) is 0 Å². The Morgan fingerprint density at radius 3 is 2.33 bits per heavy atom. The maximum atomic E-state index is 6.07. The Hall–Kier alpha value is -2.65. The van der Waals surface area contributed by atoms with Gasteiger partial charge in [0.2, 0.25) is 0 Å². The van der Waals surface area contributed by atoms with Crippen molar-refractivity contribution in [3.8, 4) is 23.0 Å². The third-order valence-corrected chi connectivity index (χ3v) is 5.72. The summed E-state index contributed by atoms with van der Waals surface area (Å²) >= 11 is 8.21. The van der Waals surface area contributed by atoms with Gasteiger partial charge in [0, 0.05) is 5.02 Å². The van der Waals surface area contributed by atoms with E-state index in [0.717, 1.165) is 20.3 Å². The SMILES string of the molecule is CCOc1cc(/C=N/NCc2ccc(OC)c(OC)c2)cc(I)c1OCc1ccc(Cl)cc1. The number of halogens is 2. The highest BCUT2D eigenvalue weighted by atomic mass is 127. The zero-order chi connectivity index (χ0) is 23.6. The molecule has 0 amide bonds. The zero-order valence-electron chi connectivity index (χ0n) is 18.7. The fourth-order valence-corrected chi connectivity index (χ4v) is 3.96. The van der Waals surface area contributed by atoms with Crippen LogP contribution in [0.2, 0.25) is 5.02 Å². The Morgan fingerprint density at radius 2 is 1.64 bits per heavy atom. The van der Waals surface area contributed by atoms with Crippen molar-refractivity contribution in [2.45, 2.75) is 20.1 Å². The second-order valence-corrected chi connectivity index (χ2v) is 8.56. The maximum Gasteiger partial charge on any atom is 0.175 e. The Bertz CT molecular complexity index is 1090. The summed E-state index contributed by atoms with van der Waals surface area (Å²) in [5.41, 5.74) is 6.03. The number of hydrogen-bond acceptors (Lipinski definition) is 6. The van der Waals surface area contributed by atoms with Crippen LogP contribution >= 0.6 is 34.2 Å². The summed E-state index contributed by atoms with van der Waals surface area (Å²) in [6.45, 7) is 3.45. The largest absolute Gasteiger partial charge is 0.493 e. The number of methoxy groups -OCH3 is 2. The number of ether oxygens (including phenoxy) is 4. The molecule has 0 aliphatic heterocycles. The number of nitrogens with zero attached hydrogens (tertiary/aromatic N) is 1. The average Bonchev–Trinajstić information content (AvgIpc) is 2.82. The minimum atomic E-state index is 0.424. The van der Waals surface area contributed by atoms with Crippen LogP contribution in [0.1, 0.15) is 23.6 Å². The molecule has 3 aromatic rings. The van der Waals surface area contributed by atoms with E-state index < -0.39 is 0 Å². The molecule has 33 heavy (non-hydrogen) atoms. The van der Waals surface area contributed by atoms with Gasteiger partial charge in [-0.2, -0.15) is 5.10 Å². The van der Waals surface area contributed by atoms with Gasteiger partial charge in [-0.1, -0.05) is 29.8 Å². The quantitative estimate of drug-likeness (QED) is 0.170. The summed E-state index contributed by atoms with van der Waals surface area (Å²) in [7, 11) is 3.24. The Kier molecular flexibility index (Phi) is 9.50. The van der Waals surface area contributed by atoms with Crippen molar-refractivity contribution in [3.63, 3.8) is 0 Å². The first-order chi connectivity index (χ1) is 16.0. The van der Waals surface area contributed by atoms with Crippen LogP contribution in [0.5, 0.6) is 23.0 Å². The minimum absolute atomic E-state index is 0.424. The molecule has 3 rings (SSSR count). The molecule has 0 aromatic heterocycles. The Balaban J connectivity index is 1.66. The fourth-order valence-electron chi connectivity index (χ4n) is 3.05. The molecular weight excluding hydrogens is 555 g/mol. The molecule has 0 bridgehead atoms.